The highest BCUT2D eigenvalue weighted by Crippen LogP contribution is 2.31. The van der Waals surface area contributed by atoms with Gasteiger partial charge in [-0.05, 0) is 23.8 Å². The Hall–Kier alpha value is -3.39. The molecule has 1 aliphatic rings. The Balaban J connectivity index is 1.77. The molecule has 0 bridgehead atoms. The fraction of sp³-hybridized carbons (Fsp3) is 0.250. The highest BCUT2D eigenvalue weighted by atomic mass is 16.6. The standard InChI is InChI=1S/C20H21N3O5/c1-27-17-6-7-19(22-9-11-28-12-10-22)18(14-17)21-20(24)8-5-15-3-2-4-16(13-15)23(25)26/h2-8,13-14H,9-12H2,1H3,(H,21,24)/b8-5+. The SMILES string of the molecule is COc1ccc(N2CCOCC2)c(NC(=O)/C=C/c2cccc([N+](=O)[O-])c2)c1. The molecule has 2 aromatic rings. The van der Waals surface area contributed by atoms with Crippen LogP contribution >= 0.6 is 0 Å². The number of non-ortho nitro benzene ring substituents is 1. The summed E-state index contributed by atoms with van der Waals surface area (Å²) >= 11 is 0. The maximum absolute atomic E-state index is 12.4. The molecule has 0 aliphatic carbocycles. The number of anilines is 2. The Morgan fingerprint density at radius 3 is 2.75 bits per heavy atom. The third-order valence-electron chi connectivity index (χ3n) is 4.32. The zero-order valence-electron chi connectivity index (χ0n) is 15.5. The van der Waals surface area contributed by atoms with E-state index in [-0.39, 0.29) is 11.6 Å². The van der Waals surface area contributed by atoms with Crippen LogP contribution in [0, 0.1) is 10.1 Å². The molecule has 0 spiro atoms. The topological polar surface area (TPSA) is 93.9 Å². The lowest BCUT2D eigenvalue weighted by Gasteiger charge is -2.30. The number of rotatable bonds is 6. The van der Waals surface area contributed by atoms with E-state index in [4.69, 9.17) is 9.47 Å². The lowest BCUT2D eigenvalue weighted by Crippen LogP contribution is -2.36. The molecule has 0 atom stereocenters. The van der Waals surface area contributed by atoms with Gasteiger partial charge in [0, 0.05) is 37.4 Å². The third-order valence-corrected chi connectivity index (χ3v) is 4.32. The molecular formula is C20H21N3O5. The normalized spacial score (nSPS) is 14.1. The van der Waals surface area contributed by atoms with Gasteiger partial charge in [-0.3, -0.25) is 14.9 Å². The van der Waals surface area contributed by atoms with Crippen molar-refractivity contribution in [2.75, 3.05) is 43.6 Å². The monoisotopic (exact) mass is 383 g/mol. The summed E-state index contributed by atoms with van der Waals surface area (Å²) in [6.45, 7) is 2.73. The van der Waals surface area contributed by atoms with Crippen LogP contribution in [0.2, 0.25) is 0 Å². The number of morpholine rings is 1. The molecule has 146 valence electrons. The number of nitro benzene ring substituents is 1. The summed E-state index contributed by atoms with van der Waals surface area (Å²) in [4.78, 5) is 25.0. The molecule has 0 radical (unpaired) electrons. The first-order valence-electron chi connectivity index (χ1n) is 8.81. The number of amides is 1. The minimum atomic E-state index is -0.470. The van der Waals surface area contributed by atoms with E-state index in [0.29, 0.717) is 30.2 Å². The van der Waals surface area contributed by atoms with E-state index in [1.54, 1.807) is 25.3 Å². The summed E-state index contributed by atoms with van der Waals surface area (Å²) in [6.07, 6.45) is 2.89. The van der Waals surface area contributed by atoms with Crippen LogP contribution in [0.4, 0.5) is 17.1 Å². The van der Waals surface area contributed by atoms with E-state index in [0.717, 1.165) is 18.8 Å². The molecule has 1 saturated heterocycles. The van der Waals surface area contributed by atoms with Crippen LogP contribution in [0.25, 0.3) is 6.08 Å². The van der Waals surface area contributed by atoms with E-state index in [1.165, 1.54) is 24.3 Å². The molecule has 1 heterocycles. The lowest BCUT2D eigenvalue weighted by atomic mass is 10.2. The summed E-state index contributed by atoms with van der Waals surface area (Å²) in [5.74, 6) is 0.296. The molecule has 1 aliphatic heterocycles. The lowest BCUT2D eigenvalue weighted by molar-refractivity contribution is -0.384. The Morgan fingerprint density at radius 2 is 2.04 bits per heavy atom. The van der Waals surface area contributed by atoms with Gasteiger partial charge in [-0.15, -0.1) is 0 Å². The highest BCUT2D eigenvalue weighted by Gasteiger charge is 2.16. The molecule has 0 unspecified atom stereocenters. The maximum Gasteiger partial charge on any atom is 0.270 e. The second kappa shape index (κ2) is 9.01. The van der Waals surface area contributed by atoms with Gasteiger partial charge in [0.15, 0.2) is 0 Å². The molecule has 0 aromatic heterocycles. The highest BCUT2D eigenvalue weighted by molar-refractivity contribution is 6.04. The van der Waals surface area contributed by atoms with Gasteiger partial charge in [-0.2, -0.15) is 0 Å². The maximum atomic E-state index is 12.4. The second-order valence-corrected chi connectivity index (χ2v) is 6.16. The quantitative estimate of drug-likeness (QED) is 0.468. The van der Waals surface area contributed by atoms with Crippen molar-refractivity contribution >= 4 is 29.0 Å². The predicted octanol–water partition coefficient (Wildman–Crippen LogP) is 3.09. The molecule has 1 fully saturated rings. The number of nitrogens with one attached hydrogen (secondary N) is 1. The minimum Gasteiger partial charge on any atom is -0.497 e. The van der Waals surface area contributed by atoms with Crippen LogP contribution < -0.4 is 15.0 Å². The van der Waals surface area contributed by atoms with Crippen LogP contribution in [0.15, 0.2) is 48.5 Å². The fourth-order valence-corrected chi connectivity index (χ4v) is 2.91. The van der Waals surface area contributed by atoms with Gasteiger partial charge in [-0.25, -0.2) is 0 Å². The third kappa shape index (κ3) is 4.86. The minimum absolute atomic E-state index is 0.0232. The number of carbonyl (C=O) groups is 1. The van der Waals surface area contributed by atoms with Crippen molar-refractivity contribution in [1.82, 2.24) is 0 Å². The van der Waals surface area contributed by atoms with E-state index >= 15 is 0 Å². The van der Waals surface area contributed by atoms with Crippen molar-refractivity contribution < 1.29 is 19.2 Å². The van der Waals surface area contributed by atoms with Gasteiger partial charge < -0.3 is 19.7 Å². The van der Waals surface area contributed by atoms with Gasteiger partial charge in [0.05, 0.1) is 36.6 Å². The van der Waals surface area contributed by atoms with Crippen LogP contribution in [-0.4, -0.2) is 44.2 Å². The Morgan fingerprint density at radius 1 is 1.25 bits per heavy atom. The molecule has 28 heavy (non-hydrogen) atoms. The largest absolute Gasteiger partial charge is 0.497 e. The molecule has 1 amide bonds. The first kappa shape index (κ1) is 19.4. The van der Waals surface area contributed by atoms with Crippen LogP contribution in [-0.2, 0) is 9.53 Å². The predicted molar refractivity (Wildman–Crippen MR) is 107 cm³/mol. The number of nitro groups is 1. The molecular weight excluding hydrogens is 362 g/mol. The Labute approximate surface area is 162 Å². The van der Waals surface area contributed by atoms with Crippen molar-refractivity contribution in [1.29, 1.82) is 0 Å². The number of carbonyl (C=O) groups excluding carboxylic acids is 1. The van der Waals surface area contributed by atoms with Crippen LogP contribution in [0.5, 0.6) is 5.75 Å². The zero-order chi connectivity index (χ0) is 19.9. The van der Waals surface area contributed by atoms with Crippen molar-refractivity contribution in [3.63, 3.8) is 0 Å². The van der Waals surface area contributed by atoms with Crippen molar-refractivity contribution in [2.45, 2.75) is 0 Å². The number of ether oxygens (including phenoxy) is 2. The Kier molecular flexibility index (Phi) is 6.23. The fourth-order valence-electron chi connectivity index (χ4n) is 2.91. The van der Waals surface area contributed by atoms with E-state index in [9.17, 15) is 14.9 Å². The summed E-state index contributed by atoms with van der Waals surface area (Å²) < 4.78 is 10.7. The van der Waals surface area contributed by atoms with Gasteiger partial charge in [0.2, 0.25) is 5.91 Å². The first-order valence-corrected chi connectivity index (χ1v) is 8.81. The molecule has 0 saturated carbocycles. The number of hydrogen-bond donors (Lipinski definition) is 1. The number of benzene rings is 2. The van der Waals surface area contributed by atoms with E-state index in [1.807, 2.05) is 12.1 Å². The zero-order valence-corrected chi connectivity index (χ0v) is 15.5. The molecule has 8 nitrogen and oxygen atoms in total. The van der Waals surface area contributed by atoms with Gasteiger partial charge in [0.1, 0.15) is 5.75 Å². The number of hydrogen-bond acceptors (Lipinski definition) is 6. The summed E-state index contributed by atoms with van der Waals surface area (Å²) in [5, 5.41) is 13.7. The van der Waals surface area contributed by atoms with Crippen molar-refractivity contribution in [3.8, 4) is 5.75 Å². The molecule has 8 heteroatoms. The molecule has 3 rings (SSSR count). The van der Waals surface area contributed by atoms with Crippen molar-refractivity contribution in [2.24, 2.45) is 0 Å². The van der Waals surface area contributed by atoms with Crippen molar-refractivity contribution in [3.05, 3.63) is 64.2 Å². The van der Waals surface area contributed by atoms with Crippen LogP contribution in [0.1, 0.15) is 5.56 Å². The average Bonchev–Trinajstić information content (AvgIpc) is 2.73. The van der Waals surface area contributed by atoms with Crippen LogP contribution in [0.3, 0.4) is 0 Å². The summed E-state index contributed by atoms with van der Waals surface area (Å²) in [5.41, 5.74) is 2.07. The Bertz CT molecular complexity index is 891. The second-order valence-electron chi connectivity index (χ2n) is 6.16. The smallest absolute Gasteiger partial charge is 0.270 e. The van der Waals surface area contributed by atoms with Gasteiger partial charge in [0.25, 0.3) is 5.69 Å². The van der Waals surface area contributed by atoms with E-state index in [2.05, 4.69) is 10.2 Å². The first-order chi connectivity index (χ1) is 13.6. The molecule has 2 aromatic carbocycles. The average molecular weight is 383 g/mol. The van der Waals surface area contributed by atoms with Gasteiger partial charge >= 0.3 is 0 Å². The summed E-state index contributed by atoms with van der Waals surface area (Å²) in [6, 6.07) is 11.6. The molecule has 1 N–H and O–H groups in total. The summed E-state index contributed by atoms with van der Waals surface area (Å²) in [7, 11) is 1.57. The van der Waals surface area contributed by atoms with E-state index < -0.39 is 4.92 Å². The number of methoxy groups -OCH3 is 1. The number of nitrogens with zero attached hydrogens (tertiary/aromatic N) is 2. The van der Waals surface area contributed by atoms with Gasteiger partial charge in [-0.1, -0.05) is 12.1 Å².